The summed E-state index contributed by atoms with van der Waals surface area (Å²) in [5, 5.41) is 0. The van der Waals surface area contributed by atoms with E-state index in [2.05, 4.69) is 4.98 Å². The number of alkyl halides is 1. The minimum Gasteiger partial charge on any atom is -0.497 e. The van der Waals surface area contributed by atoms with Gasteiger partial charge in [0.05, 0.1) is 25.8 Å². The summed E-state index contributed by atoms with van der Waals surface area (Å²) in [5.74, 6) is 1.78. The number of hydrogen-bond donors (Lipinski definition) is 0. The Morgan fingerprint density at radius 3 is 2.28 bits per heavy atom. The van der Waals surface area contributed by atoms with Crippen LogP contribution in [0.15, 0.2) is 36.4 Å². The first-order valence-corrected chi connectivity index (χ1v) is 6.06. The molecule has 0 atom stereocenters. The van der Waals surface area contributed by atoms with Crippen LogP contribution in [-0.2, 0) is 5.88 Å². The highest BCUT2D eigenvalue weighted by molar-refractivity contribution is 6.17. The van der Waals surface area contributed by atoms with Gasteiger partial charge in [0.1, 0.15) is 5.75 Å². The van der Waals surface area contributed by atoms with Crippen LogP contribution in [0.4, 0.5) is 0 Å². The Bertz CT molecular complexity index is 526. The van der Waals surface area contributed by atoms with Crippen molar-refractivity contribution in [3.05, 3.63) is 42.0 Å². The van der Waals surface area contributed by atoms with Crippen molar-refractivity contribution < 1.29 is 9.47 Å². The first-order chi connectivity index (χ1) is 8.78. The lowest BCUT2D eigenvalue weighted by molar-refractivity contribution is 0.394. The van der Waals surface area contributed by atoms with E-state index >= 15 is 0 Å². The molecule has 0 fully saturated rings. The van der Waals surface area contributed by atoms with Crippen LogP contribution < -0.4 is 9.47 Å². The number of pyridine rings is 1. The third kappa shape index (κ3) is 2.57. The summed E-state index contributed by atoms with van der Waals surface area (Å²) in [7, 11) is 3.24. The number of ether oxygens (including phenoxy) is 2. The molecule has 4 heteroatoms. The van der Waals surface area contributed by atoms with Gasteiger partial charge in [-0.25, -0.2) is 4.98 Å². The van der Waals surface area contributed by atoms with E-state index in [-0.39, 0.29) is 0 Å². The molecule has 0 saturated heterocycles. The Morgan fingerprint density at radius 2 is 1.72 bits per heavy atom. The van der Waals surface area contributed by atoms with Gasteiger partial charge in [0.2, 0.25) is 5.88 Å². The zero-order valence-corrected chi connectivity index (χ0v) is 11.1. The number of nitrogens with zero attached hydrogens (tertiary/aromatic N) is 1. The molecule has 0 aliphatic heterocycles. The topological polar surface area (TPSA) is 31.4 Å². The molecule has 0 amide bonds. The predicted octanol–water partition coefficient (Wildman–Crippen LogP) is 3.50. The fourth-order valence-electron chi connectivity index (χ4n) is 1.67. The van der Waals surface area contributed by atoms with Gasteiger partial charge in [0.15, 0.2) is 0 Å². The zero-order valence-electron chi connectivity index (χ0n) is 10.3. The van der Waals surface area contributed by atoms with Crippen molar-refractivity contribution >= 4 is 11.6 Å². The lowest BCUT2D eigenvalue weighted by Gasteiger charge is -2.08. The molecule has 0 spiro atoms. The maximum Gasteiger partial charge on any atom is 0.218 e. The summed E-state index contributed by atoms with van der Waals surface area (Å²) in [6, 6.07) is 11.6. The van der Waals surface area contributed by atoms with Crippen LogP contribution in [0.25, 0.3) is 11.3 Å². The number of hydrogen-bond acceptors (Lipinski definition) is 3. The Morgan fingerprint density at radius 1 is 1.00 bits per heavy atom. The van der Waals surface area contributed by atoms with E-state index < -0.39 is 0 Å². The summed E-state index contributed by atoms with van der Waals surface area (Å²) in [4.78, 5) is 4.44. The van der Waals surface area contributed by atoms with Crippen molar-refractivity contribution in [1.82, 2.24) is 4.98 Å². The van der Waals surface area contributed by atoms with E-state index in [4.69, 9.17) is 21.1 Å². The van der Waals surface area contributed by atoms with Crippen LogP contribution in [0.1, 0.15) is 5.56 Å². The van der Waals surface area contributed by atoms with E-state index in [1.54, 1.807) is 14.2 Å². The van der Waals surface area contributed by atoms with Crippen LogP contribution in [0.5, 0.6) is 11.6 Å². The van der Waals surface area contributed by atoms with Gasteiger partial charge in [-0.15, -0.1) is 11.6 Å². The monoisotopic (exact) mass is 263 g/mol. The molecule has 0 bridgehead atoms. The molecule has 94 valence electrons. The number of halogens is 1. The van der Waals surface area contributed by atoms with E-state index in [1.165, 1.54) is 0 Å². The highest BCUT2D eigenvalue weighted by Gasteiger charge is 2.07. The molecule has 0 saturated carbocycles. The van der Waals surface area contributed by atoms with Gasteiger partial charge in [-0.2, -0.15) is 0 Å². The maximum absolute atomic E-state index is 5.81. The fourth-order valence-corrected chi connectivity index (χ4v) is 1.87. The lowest BCUT2D eigenvalue weighted by atomic mass is 10.1. The van der Waals surface area contributed by atoms with Crippen molar-refractivity contribution in [3.8, 4) is 22.9 Å². The summed E-state index contributed by atoms with van der Waals surface area (Å²) in [5.41, 5.74) is 2.75. The van der Waals surface area contributed by atoms with Crippen molar-refractivity contribution in [2.45, 2.75) is 5.88 Å². The molecule has 3 nitrogen and oxygen atoms in total. The van der Waals surface area contributed by atoms with Crippen LogP contribution in [0.2, 0.25) is 0 Å². The molecule has 0 unspecified atom stereocenters. The molecule has 1 heterocycles. The Kier molecular flexibility index (Phi) is 4.05. The number of rotatable bonds is 4. The third-order valence-corrected chi connectivity index (χ3v) is 2.95. The highest BCUT2D eigenvalue weighted by atomic mass is 35.5. The van der Waals surface area contributed by atoms with Crippen molar-refractivity contribution in [3.63, 3.8) is 0 Å². The normalized spacial score (nSPS) is 10.2. The van der Waals surface area contributed by atoms with Crippen molar-refractivity contribution in [1.29, 1.82) is 0 Å². The van der Waals surface area contributed by atoms with Crippen LogP contribution in [0.3, 0.4) is 0 Å². The molecule has 2 rings (SSSR count). The Hall–Kier alpha value is -1.74. The molecule has 0 N–H and O–H groups in total. The average molecular weight is 264 g/mol. The second-order valence-electron chi connectivity index (χ2n) is 3.73. The van der Waals surface area contributed by atoms with Crippen LogP contribution in [0, 0.1) is 0 Å². The van der Waals surface area contributed by atoms with E-state index in [0.29, 0.717) is 11.8 Å². The van der Waals surface area contributed by atoms with E-state index in [9.17, 15) is 0 Å². The zero-order chi connectivity index (χ0) is 13.0. The molecular formula is C14H14ClNO2. The lowest BCUT2D eigenvalue weighted by Crippen LogP contribution is -1.95. The Labute approximate surface area is 111 Å². The average Bonchev–Trinajstić information content (AvgIpc) is 2.46. The van der Waals surface area contributed by atoms with E-state index in [0.717, 1.165) is 22.6 Å². The second-order valence-corrected chi connectivity index (χ2v) is 3.99. The minimum atomic E-state index is 0.388. The summed E-state index contributed by atoms with van der Waals surface area (Å²) < 4.78 is 10.3. The van der Waals surface area contributed by atoms with Gasteiger partial charge in [0.25, 0.3) is 0 Å². The first-order valence-electron chi connectivity index (χ1n) is 5.52. The largest absolute Gasteiger partial charge is 0.497 e. The van der Waals surface area contributed by atoms with Crippen molar-refractivity contribution in [2.24, 2.45) is 0 Å². The van der Waals surface area contributed by atoms with Gasteiger partial charge in [-0.05, 0) is 30.3 Å². The van der Waals surface area contributed by atoms with Crippen LogP contribution in [-0.4, -0.2) is 19.2 Å². The van der Waals surface area contributed by atoms with Gasteiger partial charge >= 0.3 is 0 Å². The molecule has 2 aromatic rings. The van der Waals surface area contributed by atoms with Crippen LogP contribution >= 0.6 is 11.6 Å². The molecule has 0 aliphatic rings. The second kappa shape index (κ2) is 5.74. The van der Waals surface area contributed by atoms with Gasteiger partial charge in [-0.1, -0.05) is 6.07 Å². The summed E-state index contributed by atoms with van der Waals surface area (Å²) in [6.07, 6.45) is 0. The van der Waals surface area contributed by atoms with Crippen molar-refractivity contribution in [2.75, 3.05) is 14.2 Å². The highest BCUT2D eigenvalue weighted by Crippen LogP contribution is 2.25. The number of aromatic nitrogens is 1. The summed E-state index contributed by atoms with van der Waals surface area (Å²) >= 11 is 5.81. The standard InChI is InChI=1S/C14H14ClNO2/c1-17-12-6-3-10(4-7-12)13-8-5-11(9-15)14(16-13)18-2/h3-8H,9H2,1-2H3. The van der Waals surface area contributed by atoms with Gasteiger partial charge in [0, 0.05) is 11.1 Å². The summed E-state index contributed by atoms with van der Waals surface area (Å²) in [6.45, 7) is 0. The Balaban J connectivity index is 2.37. The quantitative estimate of drug-likeness (QED) is 0.791. The SMILES string of the molecule is COc1ccc(-c2ccc(CCl)c(OC)n2)cc1. The fraction of sp³-hybridized carbons (Fsp3) is 0.214. The number of benzene rings is 1. The molecule has 18 heavy (non-hydrogen) atoms. The number of methoxy groups -OCH3 is 2. The van der Waals surface area contributed by atoms with Gasteiger partial charge in [-0.3, -0.25) is 0 Å². The molecule has 1 aromatic carbocycles. The first kappa shape index (κ1) is 12.7. The molecule has 1 aromatic heterocycles. The minimum absolute atomic E-state index is 0.388. The molecule has 0 radical (unpaired) electrons. The smallest absolute Gasteiger partial charge is 0.218 e. The molecular weight excluding hydrogens is 250 g/mol. The van der Waals surface area contributed by atoms with Gasteiger partial charge < -0.3 is 9.47 Å². The maximum atomic E-state index is 5.81. The molecule has 0 aliphatic carbocycles. The van der Waals surface area contributed by atoms with E-state index in [1.807, 2.05) is 36.4 Å². The third-order valence-electron chi connectivity index (χ3n) is 2.66. The predicted molar refractivity (Wildman–Crippen MR) is 72.3 cm³/mol.